The molecule has 1 aromatic carbocycles. The minimum atomic E-state index is 0.405. The van der Waals surface area contributed by atoms with Crippen molar-refractivity contribution in [3.05, 3.63) is 52.3 Å². The summed E-state index contributed by atoms with van der Waals surface area (Å²) in [6.07, 6.45) is 0. The van der Waals surface area contributed by atoms with E-state index in [1.807, 2.05) is 44.2 Å². The molecule has 3 nitrogen and oxygen atoms in total. The Bertz CT molecular complexity index is 508. The van der Waals surface area contributed by atoms with E-state index >= 15 is 0 Å². The summed E-state index contributed by atoms with van der Waals surface area (Å²) >= 11 is 5.89. The van der Waals surface area contributed by atoms with Crippen LogP contribution >= 0.6 is 11.6 Å². The molecule has 2 rings (SSSR count). The molecule has 0 unspecified atom stereocenters. The summed E-state index contributed by atoms with van der Waals surface area (Å²) in [7, 11) is 0. The molecule has 0 atom stereocenters. The van der Waals surface area contributed by atoms with Gasteiger partial charge in [-0.05, 0) is 37.6 Å². The standard InChI is InChI=1S/C13H13ClN2O/c1-9-6-10(2)16-13(15-9)17-8-11-4-3-5-12(14)7-11/h3-7H,8H2,1-2H3. The zero-order valence-corrected chi connectivity index (χ0v) is 10.5. The Labute approximate surface area is 105 Å². The first-order chi connectivity index (χ1) is 8.13. The van der Waals surface area contributed by atoms with Gasteiger partial charge in [-0.1, -0.05) is 23.7 Å². The van der Waals surface area contributed by atoms with Gasteiger partial charge in [0.1, 0.15) is 6.61 Å². The predicted molar refractivity (Wildman–Crippen MR) is 67.3 cm³/mol. The van der Waals surface area contributed by atoms with Crippen molar-refractivity contribution in [2.75, 3.05) is 0 Å². The molecule has 88 valence electrons. The summed E-state index contributed by atoms with van der Waals surface area (Å²) in [6, 6.07) is 9.86. The van der Waals surface area contributed by atoms with E-state index in [4.69, 9.17) is 16.3 Å². The van der Waals surface area contributed by atoms with E-state index in [2.05, 4.69) is 9.97 Å². The minimum absolute atomic E-state index is 0.405. The second-order valence-electron chi connectivity index (χ2n) is 3.85. The molecule has 1 heterocycles. The van der Waals surface area contributed by atoms with Crippen LogP contribution in [0, 0.1) is 13.8 Å². The van der Waals surface area contributed by atoms with Crippen LogP contribution in [0.3, 0.4) is 0 Å². The topological polar surface area (TPSA) is 35.0 Å². The largest absolute Gasteiger partial charge is 0.459 e. The lowest BCUT2D eigenvalue weighted by atomic mass is 10.2. The summed E-state index contributed by atoms with van der Waals surface area (Å²) in [5.74, 6) is 0. The van der Waals surface area contributed by atoms with Gasteiger partial charge >= 0.3 is 6.01 Å². The number of hydrogen-bond acceptors (Lipinski definition) is 3. The molecule has 4 heteroatoms. The fraction of sp³-hybridized carbons (Fsp3) is 0.231. The van der Waals surface area contributed by atoms with Crippen LogP contribution in [0.4, 0.5) is 0 Å². The quantitative estimate of drug-likeness (QED) is 0.836. The van der Waals surface area contributed by atoms with Gasteiger partial charge in [-0.3, -0.25) is 0 Å². The van der Waals surface area contributed by atoms with E-state index in [9.17, 15) is 0 Å². The molecule has 0 aliphatic carbocycles. The monoisotopic (exact) mass is 248 g/mol. The third-order valence-corrected chi connectivity index (χ3v) is 2.45. The van der Waals surface area contributed by atoms with Crippen LogP contribution in [0.2, 0.25) is 5.02 Å². The Kier molecular flexibility index (Phi) is 3.59. The van der Waals surface area contributed by atoms with E-state index < -0.39 is 0 Å². The smallest absolute Gasteiger partial charge is 0.317 e. The van der Waals surface area contributed by atoms with E-state index in [0.717, 1.165) is 17.0 Å². The van der Waals surface area contributed by atoms with Crippen LogP contribution in [0.5, 0.6) is 6.01 Å². The van der Waals surface area contributed by atoms with Crippen molar-refractivity contribution in [3.63, 3.8) is 0 Å². The number of halogens is 1. The molecule has 0 aliphatic heterocycles. The maximum absolute atomic E-state index is 5.89. The summed E-state index contributed by atoms with van der Waals surface area (Å²) in [6.45, 7) is 4.26. The van der Waals surface area contributed by atoms with Crippen molar-refractivity contribution in [2.24, 2.45) is 0 Å². The van der Waals surface area contributed by atoms with Crippen LogP contribution in [-0.4, -0.2) is 9.97 Å². The average molecular weight is 249 g/mol. The molecule has 0 radical (unpaired) electrons. The average Bonchev–Trinajstić information content (AvgIpc) is 2.25. The lowest BCUT2D eigenvalue weighted by Gasteiger charge is -2.06. The Hall–Kier alpha value is -1.61. The summed E-state index contributed by atoms with van der Waals surface area (Å²) < 4.78 is 5.53. The molecule has 0 saturated carbocycles. The minimum Gasteiger partial charge on any atom is -0.459 e. The SMILES string of the molecule is Cc1cc(C)nc(OCc2cccc(Cl)c2)n1. The van der Waals surface area contributed by atoms with Crippen LogP contribution in [-0.2, 0) is 6.61 Å². The number of nitrogens with zero attached hydrogens (tertiary/aromatic N) is 2. The Morgan fingerprint density at radius 1 is 1.12 bits per heavy atom. The van der Waals surface area contributed by atoms with Gasteiger partial charge in [0.15, 0.2) is 0 Å². The van der Waals surface area contributed by atoms with Gasteiger partial charge in [0, 0.05) is 16.4 Å². The normalized spacial score (nSPS) is 10.3. The first-order valence-electron chi connectivity index (χ1n) is 5.33. The van der Waals surface area contributed by atoms with Gasteiger partial charge in [0.05, 0.1) is 0 Å². The molecule has 2 aromatic rings. The molecule has 0 aliphatic rings. The number of ether oxygens (including phenoxy) is 1. The van der Waals surface area contributed by atoms with Crippen molar-refractivity contribution in [1.82, 2.24) is 9.97 Å². The van der Waals surface area contributed by atoms with Crippen LogP contribution < -0.4 is 4.74 Å². The predicted octanol–water partition coefficient (Wildman–Crippen LogP) is 3.33. The third-order valence-electron chi connectivity index (χ3n) is 2.22. The summed E-state index contributed by atoms with van der Waals surface area (Å²) in [5.41, 5.74) is 2.80. The Morgan fingerprint density at radius 2 is 1.82 bits per heavy atom. The number of benzene rings is 1. The second kappa shape index (κ2) is 5.15. The molecule has 0 bridgehead atoms. The molecule has 17 heavy (non-hydrogen) atoms. The van der Waals surface area contributed by atoms with Gasteiger partial charge < -0.3 is 4.74 Å². The Balaban J connectivity index is 2.07. The fourth-order valence-corrected chi connectivity index (χ4v) is 1.75. The first kappa shape index (κ1) is 11.9. The lowest BCUT2D eigenvalue weighted by Crippen LogP contribution is -2.01. The van der Waals surface area contributed by atoms with E-state index in [0.29, 0.717) is 17.6 Å². The molecular formula is C13H13ClN2O. The molecule has 0 amide bonds. The highest BCUT2D eigenvalue weighted by Crippen LogP contribution is 2.13. The van der Waals surface area contributed by atoms with Crippen molar-refractivity contribution >= 4 is 11.6 Å². The van der Waals surface area contributed by atoms with Crippen LogP contribution in [0.15, 0.2) is 30.3 Å². The maximum atomic E-state index is 5.89. The summed E-state index contributed by atoms with van der Waals surface area (Å²) in [5, 5.41) is 0.701. The molecule has 0 spiro atoms. The zero-order valence-electron chi connectivity index (χ0n) is 9.77. The number of hydrogen-bond donors (Lipinski definition) is 0. The molecule has 0 N–H and O–H groups in total. The van der Waals surface area contributed by atoms with Gasteiger partial charge in [-0.15, -0.1) is 0 Å². The van der Waals surface area contributed by atoms with Crippen molar-refractivity contribution < 1.29 is 4.74 Å². The lowest BCUT2D eigenvalue weighted by molar-refractivity contribution is 0.279. The van der Waals surface area contributed by atoms with Gasteiger partial charge in [-0.25, -0.2) is 9.97 Å². The molecule has 0 saturated heterocycles. The Morgan fingerprint density at radius 3 is 2.47 bits per heavy atom. The zero-order chi connectivity index (χ0) is 12.3. The van der Waals surface area contributed by atoms with Crippen LogP contribution in [0.25, 0.3) is 0 Å². The van der Waals surface area contributed by atoms with Crippen molar-refractivity contribution in [2.45, 2.75) is 20.5 Å². The number of rotatable bonds is 3. The molecule has 1 aromatic heterocycles. The number of aromatic nitrogens is 2. The maximum Gasteiger partial charge on any atom is 0.317 e. The first-order valence-corrected chi connectivity index (χ1v) is 5.71. The van der Waals surface area contributed by atoms with Gasteiger partial charge in [0.2, 0.25) is 0 Å². The summed E-state index contributed by atoms with van der Waals surface area (Å²) in [4.78, 5) is 8.41. The highest BCUT2D eigenvalue weighted by molar-refractivity contribution is 6.30. The van der Waals surface area contributed by atoms with E-state index in [1.54, 1.807) is 0 Å². The van der Waals surface area contributed by atoms with Crippen LogP contribution in [0.1, 0.15) is 17.0 Å². The fourth-order valence-electron chi connectivity index (χ4n) is 1.53. The van der Waals surface area contributed by atoms with Gasteiger partial charge in [0.25, 0.3) is 0 Å². The second-order valence-corrected chi connectivity index (χ2v) is 4.29. The van der Waals surface area contributed by atoms with E-state index in [-0.39, 0.29) is 0 Å². The van der Waals surface area contributed by atoms with Crippen molar-refractivity contribution in [1.29, 1.82) is 0 Å². The highest BCUT2D eigenvalue weighted by Gasteiger charge is 2.01. The van der Waals surface area contributed by atoms with Gasteiger partial charge in [-0.2, -0.15) is 0 Å². The van der Waals surface area contributed by atoms with Crippen molar-refractivity contribution in [3.8, 4) is 6.01 Å². The highest BCUT2D eigenvalue weighted by atomic mass is 35.5. The number of aryl methyl sites for hydroxylation is 2. The third kappa shape index (κ3) is 3.43. The molecular weight excluding hydrogens is 236 g/mol. The molecule has 0 fully saturated rings. The van der Waals surface area contributed by atoms with E-state index in [1.165, 1.54) is 0 Å².